The first-order valence-electron chi connectivity index (χ1n) is 10.2. The van der Waals surface area contributed by atoms with Crippen LogP contribution in [-0.2, 0) is 6.54 Å². The molecule has 0 spiro atoms. The molecule has 0 saturated carbocycles. The summed E-state index contributed by atoms with van der Waals surface area (Å²) >= 11 is 0. The number of hydrogen-bond acceptors (Lipinski definition) is 6. The van der Waals surface area contributed by atoms with E-state index in [0.717, 1.165) is 51.1 Å². The average molecular weight is 396 g/mol. The molecule has 0 amide bonds. The van der Waals surface area contributed by atoms with Crippen LogP contribution >= 0.6 is 0 Å². The summed E-state index contributed by atoms with van der Waals surface area (Å²) in [5.41, 5.74) is 0.643. The summed E-state index contributed by atoms with van der Waals surface area (Å²) in [6.45, 7) is 2.67. The number of phenolic OH excluding ortho intramolecular Hbond substituents is 1. The molecule has 0 aromatic heterocycles. The Hall–Kier alpha value is -2.57. The normalized spacial score (nSPS) is 21.4. The highest BCUT2D eigenvalue weighted by Gasteiger charge is 2.36. The van der Waals surface area contributed by atoms with Gasteiger partial charge < -0.3 is 14.9 Å². The zero-order chi connectivity index (χ0) is 20.3. The molecule has 1 saturated heterocycles. The molecule has 1 fully saturated rings. The van der Waals surface area contributed by atoms with Gasteiger partial charge in [-0.05, 0) is 49.1 Å². The van der Waals surface area contributed by atoms with E-state index in [9.17, 15) is 10.2 Å². The number of likely N-dealkylation sites (tertiary alicyclic amines) is 1. The second-order valence-corrected chi connectivity index (χ2v) is 8.21. The largest absolute Gasteiger partial charge is 0.508 e. The van der Waals surface area contributed by atoms with Crippen molar-refractivity contribution in [3.8, 4) is 17.2 Å². The van der Waals surface area contributed by atoms with Gasteiger partial charge in [-0.3, -0.25) is 9.91 Å². The van der Waals surface area contributed by atoms with E-state index in [1.165, 1.54) is 5.56 Å². The molecule has 2 aliphatic rings. The van der Waals surface area contributed by atoms with E-state index in [1.807, 2.05) is 36.5 Å². The fourth-order valence-electron chi connectivity index (χ4n) is 4.13. The van der Waals surface area contributed by atoms with Crippen molar-refractivity contribution in [3.63, 3.8) is 0 Å². The van der Waals surface area contributed by atoms with Crippen LogP contribution in [0.5, 0.6) is 17.2 Å². The van der Waals surface area contributed by atoms with Crippen LogP contribution in [0, 0.1) is 0 Å². The fraction of sp³-hybridized carbons (Fsp3) is 0.435. The first kappa shape index (κ1) is 19.7. The van der Waals surface area contributed by atoms with Crippen LogP contribution in [0.25, 0.3) is 0 Å². The first-order valence-corrected chi connectivity index (χ1v) is 10.2. The van der Waals surface area contributed by atoms with Gasteiger partial charge in [-0.15, -0.1) is 0 Å². The number of nitrogens with zero attached hydrogens (tertiary/aromatic N) is 3. The van der Waals surface area contributed by atoms with Gasteiger partial charge in [0.1, 0.15) is 17.2 Å². The number of hydrazone groups is 1. The van der Waals surface area contributed by atoms with Crippen molar-refractivity contribution in [1.82, 2.24) is 9.91 Å². The molecule has 0 aliphatic carbocycles. The quantitative estimate of drug-likeness (QED) is 0.782. The summed E-state index contributed by atoms with van der Waals surface area (Å²) in [6, 6.07) is 15.2. The molecular weight excluding hydrogens is 366 g/mol. The fourth-order valence-corrected chi connectivity index (χ4v) is 4.13. The van der Waals surface area contributed by atoms with Crippen molar-refractivity contribution >= 4 is 6.21 Å². The molecule has 2 aromatic rings. The van der Waals surface area contributed by atoms with E-state index in [2.05, 4.69) is 22.1 Å². The molecule has 29 heavy (non-hydrogen) atoms. The van der Waals surface area contributed by atoms with E-state index in [1.54, 1.807) is 18.2 Å². The third-order valence-electron chi connectivity index (χ3n) is 5.95. The Morgan fingerprint density at radius 3 is 2.52 bits per heavy atom. The monoisotopic (exact) mass is 395 g/mol. The molecule has 1 atom stereocenters. The predicted octanol–water partition coefficient (Wildman–Crippen LogP) is 3.59. The summed E-state index contributed by atoms with van der Waals surface area (Å²) in [7, 11) is 1.99. The number of aliphatic hydroxyl groups is 1. The average Bonchev–Trinajstić information content (AvgIpc) is 3.09. The lowest BCUT2D eigenvalue weighted by molar-refractivity contribution is -0.0432. The lowest BCUT2D eigenvalue weighted by Crippen LogP contribution is -2.47. The summed E-state index contributed by atoms with van der Waals surface area (Å²) in [4.78, 5) is 2.40. The minimum atomic E-state index is -0.581. The van der Waals surface area contributed by atoms with Crippen molar-refractivity contribution in [2.45, 2.75) is 43.9 Å². The molecule has 2 aromatic carbocycles. The summed E-state index contributed by atoms with van der Waals surface area (Å²) in [6.07, 6.45) is 5.26. The van der Waals surface area contributed by atoms with Crippen LogP contribution < -0.4 is 4.74 Å². The third kappa shape index (κ3) is 5.08. The highest BCUT2D eigenvalue weighted by Crippen LogP contribution is 2.31. The Bertz CT molecular complexity index is 845. The smallest absolute Gasteiger partial charge is 0.131 e. The standard InChI is InChI=1S/C23H29N3O3/c1-25-19(9-12-24-25)16-23(28)10-13-26(14-11-23)17-18-5-7-21(8-6-18)29-22-4-2-3-20(27)15-22/h2-8,12,15,19,27-28H,9-11,13-14,16-17H2,1H3. The topological polar surface area (TPSA) is 68.5 Å². The van der Waals surface area contributed by atoms with Crippen molar-refractivity contribution in [2.24, 2.45) is 5.10 Å². The SMILES string of the molecule is CN1N=CCC1CC1(O)CCN(Cc2ccc(Oc3cccc(O)c3)cc2)CC1. The lowest BCUT2D eigenvalue weighted by atomic mass is 9.84. The van der Waals surface area contributed by atoms with Crippen LogP contribution in [0.3, 0.4) is 0 Å². The van der Waals surface area contributed by atoms with Crippen molar-refractivity contribution in [2.75, 3.05) is 20.1 Å². The number of aromatic hydroxyl groups is 1. The zero-order valence-corrected chi connectivity index (χ0v) is 16.9. The molecule has 0 radical (unpaired) electrons. The number of benzene rings is 2. The van der Waals surface area contributed by atoms with E-state index >= 15 is 0 Å². The Balaban J connectivity index is 1.27. The molecule has 154 valence electrons. The number of ether oxygens (including phenoxy) is 1. The van der Waals surface area contributed by atoms with Crippen LogP contribution in [0.4, 0.5) is 0 Å². The summed E-state index contributed by atoms with van der Waals surface area (Å²) in [5.74, 6) is 1.55. The Kier molecular flexibility index (Phi) is 5.74. The summed E-state index contributed by atoms with van der Waals surface area (Å²) < 4.78 is 5.78. The van der Waals surface area contributed by atoms with Gasteiger partial charge in [-0.2, -0.15) is 5.10 Å². The molecule has 1 unspecified atom stereocenters. The molecule has 0 bridgehead atoms. The number of phenols is 1. The Morgan fingerprint density at radius 2 is 1.86 bits per heavy atom. The van der Waals surface area contributed by atoms with Gasteiger partial charge in [0.05, 0.1) is 11.6 Å². The van der Waals surface area contributed by atoms with Crippen molar-refractivity contribution in [3.05, 3.63) is 54.1 Å². The number of hydrogen-bond donors (Lipinski definition) is 2. The van der Waals surface area contributed by atoms with Gasteiger partial charge in [-0.1, -0.05) is 18.2 Å². The van der Waals surface area contributed by atoms with Gasteiger partial charge >= 0.3 is 0 Å². The highest BCUT2D eigenvalue weighted by molar-refractivity contribution is 5.59. The van der Waals surface area contributed by atoms with E-state index in [-0.39, 0.29) is 5.75 Å². The van der Waals surface area contributed by atoms with Crippen LogP contribution in [0.15, 0.2) is 53.6 Å². The first-order chi connectivity index (χ1) is 14.0. The third-order valence-corrected chi connectivity index (χ3v) is 5.95. The van der Waals surface area contributed by atoms with Crippen LogP contribution in [0.2, 0.25) is 0 Å². The Labute approximate surface area is 172 Å². The second-order valence-electron chi connectivity index (χ2n) is 8.21. The maximum absolute atomic E-state index is 11.0. The molecule has 6 nitrogen and oxygen atoms in total. The van der Waals surface area contributed by atoms with Gasteiger partial charge in [0.25, 0.3) is 0 Å². The Morgan fingerprint density at radius 1 is 1.10 bits per heavy atom. The maximum Gasteiger partial charge on any atom is 0.131 e. The predicted molar refractivity (Wildman–Crippen MR) is 113 cm³/mol. The van der Waals surface area contributed by atoms with Gasteiger partial charge in [0.2, 0.25) is 0 Å². The van der Waals surface area contributed by atoms with E-state index in [4.69, 9.17) is 4.74 Å². The molecular formula is C23H29N3O3. The molecule has 2 aliphatic heterocycles. The molecule has 2 N–H and O–H groups in total. The van der Waals surface area contributed by atoms with Crippen LogP contribution in [-0.4, -0.2) is 58.1 Å². The molecule has 4 rings (SSSR count). The number of rotatable bonds is 6. The van der Waals surface area contributed by atoms with Crippen molar-refractivity contribution < 1.29 is 14.9 Å². The molecule has 6 heteroatoms. The second kappa shape index (κ2) is 8.43. The highest BCUT2D eigenvalue weighted by atomic mass is 16.5. The van der Waals surface area contributed by atoms with Gasteiger partial charge in [0.15, 0.2) is 0 Å². The maximum atomic E-state index is 11.0. The lowest BCUT2D eigenvalue weighted by Gasteiger charge is -2.40. The minimum absolute atomic E-state index is 0.191. The van der Waals surface area contributed by atoms with Crippen LogP contribution in [0.1, 0.15) is 31.2 Å². The van der Waals surface area contributed by atoms with Gasteiger partial charge in [0, 0.05) is 45.4 Å². The molecule has 2 heterocycles. The van der Waals surface area contributed by atoms with Crippen molar-refractivity contribution in [1.29, 1.82) is 0 Å². The minimum Gasteiger partial charge on any atom is -0.508 e. The van der Waals surface area contributed by atoms with E-state index < -0.39 is 5.60 Å². The number of piperidine rings is 1. The summed E-state index contributed by atoms with van der Waals surface area (Å²) in [5, 5.41) is 26.8. The van der Waals surface area contributed by atoms with E-state index in [0.29, 0.717) is 11.8 Å². The zero-order valence-electron chi connectivity index (χ0n) is 16.9. The van der Waals surface area contributed by atoms with Gasteiger partial charge in [-0.25, -0.2) is 0 Å².